The van der Waals surface area contributed by atoms with Gasteiger partial charge in [0.15, 0.2) is 11.6 Å². The van der Waals surface area contributed by atoms with Crippen LogP contribution >= 0.6 is 0 Å². The fraction of sp³-hybridized carbons (Fsp3) is 0.316. The SMILES string of the molecule is COc1ccc(F)cc1S(=O)(=O)N1CCC[C@H](C(=O)Nc2ccc(F)c(F)c2)C1. The Bertz CT molecular complexity index is 1030. The average molecular weight is 428 g/mol. The van der Waals surface area contributed by atoms with Gasteiger partial charge in [0.25, 0.3) is 0 Å². The number of piperidine rings is 1. The first-order valence-corrected chi connectivity index (χ1v) is 10.3. The van der Waals surface area contributed by atoms with Gasteiger partial charge in [-0.1, -0.05) is 0 Å². The van der Waals surface area contributed by atoms with Gasteiger partial charge in [0, 0.05) is 24.8 Å². The number of rotatable bonds is 5. The lowest BCUT2D eigenvalue weighted by Crippen LogP contribution is -2.43. The molecule has 0 unspecified atom stereocenters. The van der Waals surface area contributed by atoms with Crippen LogP contribution in [0.2, 0.25) is 0 Å². The third kappa shape index (κ3) is 4.54. The summed E-state index contributed by atoms with van der Waals surface area (Å²) in [4.78, 5) is 12.2. The van der Waals surface area contributed by atoms with Gasteiger partial charge >= 0.3 is 0 Å². The number of sulfonamides is 1. The fourth-order valence-electron chi connectivity index (χ4n) is 3.18. The van der Waals surface area contributed by atoms with E-state index < -0.39 is 39.3 Å². The van der Waals surface area contributed by atoms with E-state index >= 15 is 0 Å². The lowest BCUT2D eigenvalue weighted by atomic mass is 9.98. The molecule has 6 nitrogen and oxygen atoms in total. The quantitative estimate of drug-likeness (QED) is 0.794. The maximum Gasteiger partial charge on any atom is 0.246 e. The van der Waals surface area contributed by atoms with Gasteiger partial charge < -0.3 is 10.1 Å². The molecule has 0 radical (unpaired) electrons. The fourth-order valence-corrected chi connectivity index (χ4v) is 4.88. The van der Waals surface area contributed by atoms with E-state index in [2.05, 4.69) is 5.32 Å². The highest BCUT2D eigenvalue weighted by molar-refractivity contribution is 7.89. The third-order valence-corrected chi connectivity index (χ3v) is 6.57. The van der Waals surface area contributed by atoms with Gasteiger partial charge in [0.05, 0.1) is 13.0 Å². The molecule has 2 aromatic carbocycles. The molecule has 2 aromatic rings. The number of hydrogen-bond acceptors (Lipinski definition) is 4. The summed E-state index contributed by atoms with van der Waals surface area (Å²) in [6, 6.07) is 6.14. The smallest absolute Gasteiger partial charge is 0.246 e. The number of methoxy groups -OCH3 is 1. The zero-order chi connectivity index (χ0) is 21.2. The van der Waals surface area contributed by atoms with Crippen molar-refractivity contribution in [2.45, 2.75) is 17.7 Å². The molecular weight excluding hydrogens is 409 g/mol. The lowest BCUT2D eigenvalue weighted by Gasteiger charge is -2.31. The zero-order valence-electron chi connectivity index (χ0n) is 15.5. The minimum absolute atomic E-state index is 0.000220. The summed E-state index contributed by atoms with van der Waals surface area (Å²) >= 11 is 0. The molecule has 1 fully saturated rings. The van der Waals surface area contributed by atoms with Crippen LogP contribution in [-0.4, -0.2) is 38.8 Å². The Balaban J connectivity index is 1.78. The van der Waals surface area contributed by atoms with Gasteiger partial charge in [-0.15, -0.1) is 0 Å². The van der Waals surface area contributed by atoms with Crippen molar-refractivity contribution >= 4 is 21.6 Å². The molecule has 1 saturated heterocycles. The number of nitrogens with zero attached hydrogens (tertiary/aromatic N) is 1. The molecular formula is C19H19F3N2O4S. The number of ether oxygens (including phenoxy) is 1. The second-order valence-electron chi connectivity index (χ2n) is 6.62. The van der Waals surface area contributed by atoms with Gasteiger partial charge in [-0.2, -0.15) is 4.31 Å². The van der Waals surface area contributed by atoms with E-state index in [1.54, 1.807) is 0 Å². The van der Waals surface area contributed by atoms with Gasteiger partial charge in [-0.3, -0.25) is 4.79 Å². The summed E-state index contributed by atoms with van der Waals surface area (Å²) in [6.45, 7) is 0.0362. The van der Waals surface area contributed by atoms with E-state index in [1.807, 2.05) is 0 Å². The molecule has 1 atom stereocenters. The molecule has 1 aliphatic heterocycles. The Kier molecular flexibility index (Phi) is 6.13. The van der Waals surface area contributed by atoms with Crippen LogP contribution in [0.15, 0.2) is 41.3 Å². The number of benzene rings is 2. The average Bonchev–Trinajstić information content (AvgIpc) is 2.70. The first-order valence-electron chi connectivity index (χ1n) is 8.82. The van der Waals surface area contributed by atoms with Gasteiger partial charge in [0.2, 0.25) is 15.9 Å². The molecule has 29 heavy (non-hydrogen) atoms. The number of amides is 1. The van der Waals surface area contributed by atoms with Crippen molar-refractivity contribution in [1.29, 1.82) is 0 Å². The maximum atomic E-state index is 13.6. The highest BCUT2D eigenvalue weighted by Crippen LogP contribution is 2.30. The number of nitrogens with one attached hydrogen (secondary N) is 1. The predicted molar refractivity (Wildman–Crippen MR) is 99.4 cm³/mol. The van der Waals surface area contributed by atoms with Crippen molar-refractivity contribution in [1.82, 2.24) is 4.31 Å². The molecule has 0 bridgehead atoms. The van der Waals surface area contributed by atoms with Crippen LogP contribution in [0.4, 0.5) is 18.9 Å². The second kappa shape index (κ2) is 8.42. The third-order valence-electron chi connectivity index (χ3n) is 4.69. The van der Waals surface area contributed by atoms with Crippen LogP contribution in [0.5, 0.6) is 5.75 Å². The standard InChI is InChI=1S/C19H19F3N2O4S/c1-28-17-7-4-13(20)9-18(17)29(26,27)24-8-2-3-12(11-24)19(25)23-14-5-6-15(21)16(22)10-14/h4-7,9-10,12H,2-3,8,11H2,1H3,(H,23,25)/t12-/m0/s1. The van der Waals surface area contributed by atoms with Gasteiger partial charge in [-0.05, 0) is 43.2 Å². The summed E-state index contributed by atoms with van der Waals surface area (Å²) in [5.41, 5.74) is 0.0701. The van der Waals surface area contributed by atoms with E-state index in [9.17, 15) is 26.4 Å². The second-order valence-corrected chi connectivity index (χ2v) is 8.52. The van der Waals surface area contributed by atoms with Crippen LogP contribution in [0.25, 0.3) is 0 Å². The van der Waals surface area contributed by atoms with Crippen LogP contribution in [0.3, 0.4) is 0 Å². The highest BCUT2D eigenvalue weighted by Gasteiger charge is 2.35. The first-order chi connectivity index (χ1) is 13.7. The number of halogens is 3. The Labute approximate surface area is 166 Å². The molecule has 0 spiro atoms. The molecule has 10 heteroatoms. The minimum Gasteiger partial charge on any atom is -0.495 e. The normalized spacial score (nSPS) is 17.7. The largest absolute Gasteiger partial charge is 0.495 e. The monoisotopic (exact) mass is 428 g/mol. The van der Waals surface area contributed by atoms with E-state index in [-0.39, 0.29) is 29.4 Å². The van der Waals surface area contributed by atoms with E-state index in [0.717, 1.165) is 28.6 Å². The van der Waals surface area contributed by atoms with Crippen molar-refractivity contribution in [3.63, 3.8) is 0 Å². The molecule has 1 aliphatic rings. The van der Waals surface area contributed by atoms with E-state index in [4.69, 9.17) is 4.74 Å². The van der Waals surface area contributed by atoms with Crippen LogP contribution in [0.1, 0.15) is 12.8 Å². The van der Waals surface area contributed by atoms with Gasteiger partial charge in [-0.25, -0.2) is 21.6 Å². The van der Waals surface area contributed by atoms with Crippen molar-refractivity contribution in [3.05, 3.63) is 53.8 Å². The first kappa shape index (κ1) is 21.1. The van der Waals surface area contributed by atoms with E-state index in [1.165, 1.54) is 19.2 Å². The van der Waals surface area contributed by atoms with Crippen LogP contribution in [0, 0.1) is 23.4 Å². The molecule has 1 amide bonds. The summed E-state index contributed by atoms with van der Waals surface area (Å²) in [7, 11) is -2.82. The molecule has 1 N–H and O–H groups in total. The summed E-state index contributed by atoms with van der Waals surface area (Å²) < 4.78 is 72.1. The van der Waals surface area contributed by atoms with Crippen molar-refractivity contribution in [3.8, 4) is 5.75 Å². The number of carbonyl (C=O) groups excluding carboxylic acids is 1. The molecule has 0 aromatic heterocycles. The molecule has 0 aliphatic carbocycles. The molecule has 1 heterocycles. The lowest BCUT2D eigenvalue weighted by molar-refractivity contribution is -0.120. The Morgan fingerprint density at radius 3 is 2.59 bits per heavy atom. The van der Waals surface area contributed by atoms with E-state index in [0.29, 0.717) is 12.8 Å². The van der Waals surface area contributed by atoms with Crippen LogP contribution < -0.4 is 10.1 Å². The Morgan fingerprint density at radius 1 is 1.14 bits per heavy atom. The minimum atomic E-state index is -4.10. The summed E-state index contributed by atoms with van der Waals surface area (Å²) in [6.07, 6.45) is 0.828. The van der Waals surface area contributed by atoms with Crippen LogP contribution in [-0.2, 0) is 14.8 Å². The Hall–Kier alpha value is -2.59. The molecule has 156 valence electrons. The van der Waals surface area contributed by atoms with Crippen molar-refractivity contribution in [2.24, 2.45) is 5.92 Å². The van der Waals surface area contributed by atoms with Crippen molar-refractivity contribution < 1.29 is 31.1 Å². The number of anilines is 1. The summed E-state index contributed by atoms with van der Waals surface area (Å²) in [5, 5.41) is 2.47. The number of carbonyl (C=O) groups is 1. The van der Waals surface area contributed by atoms with Gasteiger partial charge in [0.1, 0.15) is 16.5 Å². The predicted octanol–water partition coefficient (Wildman–Crippen LogP) is 3.15. The topological polar surface area (TPSA) is 75.7 Å². The molecule has 3 rings (SSSR count). The molecule has 0 saturated carbocycles. The zero-order valence-corrected chi connectivity index (χ0v) is 16.3. The Morgan fingerprint density at radius 2 is 1.90 bits per heavy atom. The maximum absolute atomic E-state index is 13.6. The number of hydrogen-bond donors (Lipinski definition) is 1. The van der Waals surface area contributed by atoms with Crippen molar-refractivity contribution in [2.75, 3.05) is 25.5 Å². The highest BCUT2D eigenvalue weighted by atomic mass is 32.2. The summed E-state index contributed by atoms with van der Waals surface area (Å²) in [5.74, 6) is -4.09.